The number of nitrogens with zero attached hydrogens (tertiary/aromatic N) is 1. The molecule has 19 heavy (non-hydrogen) atoms. The number of hydrogen-bond donors (Lipinski definition) is 2. The molecule has 1 rings (SSSR count). The minimum Gasteiger partial charge on any atom is -0.389 e. The Morgan fingerprint density at radius 2 is 1.63 bits per heavy atom. The van der Waals surface area contributed by atoms with Gasteiger partial charge in [-0.1, -0.05) is 13.8 Å². The van der Waals surface area contributed by atoms with Gasteiger partial charge in [0.2, 0.25) is 0 Å². The van der Waals surface area contributed by atoms with Crippen molar-refractivity contribution >= 4 is 0 Å². The van der Waals surface area contributed by atoms with Gasteiger partial charge in [0.05, 0.1) is 5.60 Å². The second-order valence-electron chi connectivity index (χ2n) is 7.28. The van der Waals surface area contributed by atoms with Gasteiger partial charge >= 0.3 is 0 Å². The molecule has 0 spiro atoms. The van der Waals surface area contributed by atoms with Gasteiger partial charge in [-0.25, -0.2) is 0 Å². The first kappa shape index (κ1) is 16.9. The molecule has 0 aliphatic carbocycles. The number of hydrogen-bond acceptors (Lipinski definition) is 3. The largest absolute Gasteiger partial charge is 0.389 e. The van der Waals surface area contributed by atoms with E-state index in [-0.39, 0.29) is 5.54 Å². The summed E-state index contributed by atoms with van der Waals surface area (Å²) in [4.78, 5) is 2.45. The Labute approximate surface area is 119 Å². The third-order valence-electron chi connectivity index (χ3n) is 4.46. The molecule has 0 atom stereocenters. The van der Waals surface area contributed by atoms with Crippen LogP contribution in [-0.2, 0) is 0 Å². The lowest BCUT2D eigenvalue weighted by atomic mass is 9.92. The van der Waals surface area contributed by atoms with Gasteiger partial charge in [0.15, 0.2) is 0 Å². The Kier molecular flexibility index (Phi) is 6.28. The van der Waals surface area contributed by atoms with Crippen molar-refractivity contribution in [2.75, 3.05) is 26.2 Å². The molecule has 0 bridgehead atoms. The molecule has 0 unspecified atom stereocenters. The van der Waals surface area contributed by atoms with Gasteiger partial charge in [-0.2, -0.15) is 0 Å². The van der Waals surface area contributed by atoms with Gasteiger partial charge in [0.25, 0.3) is 0 Å². The van der Waals surface area contributed by atoms with Crippen LogP contribution in [0.5, 0.6) is 0 Å². The number of piperidine rings is 1. The average Bonchev–Trinajstić information content (AvgIpc) is 2.37. The fourth-order valence-electron chi connectivity index (χ4n) is 2.69. The molecule has 0 amide bonds. The van der Waals surface area contributed by atoms with Crippen LogP contribution >= 0.6 is 0 Å². The Balaban J connectivity index is 2.29. The molecular formula is C16H34N2O. The maximum atomic E-state index is 10.4. The Bertz CT molecular complexity index is 248. The molecule has 1 saturated heterocycles. The predicted octanol–water partition coefficient (Wildman–Crippen LogP) is 2.64. The van der Waals surface area contributed by atoms with Gasteiger partial charge in [-0.05, 0) is 72.0 Å². The van der Waals surface area contributed by atoms with Crippen LogP contribution in [0.4, 0.5) is 0 Å². The van der Waals surface area contributed by atoms with E-state index in [0.29, 0.717) is 0 Å². The highest BCUT2D eigenvalue weighted by Gasteiger charge is 2.28. The fourth-order valence-corrected chi connectivity index (χ4v) is 2.69. The minimum atomic E-state index is -0.476. The molecule has 2 N–H and O–H groups in total. The van der Waals surface area contributed by atoms with Crippen molar-refractivity contribution in [3.05, 3.63) is 0 Å². The summed E-state index contributed by atoms with van der Waals surface area (Å²) < 4.78 is 0. The number of likely N-dealkylation sites (tertiary alicyclic amines) is 1. The SMILES string of the molecule is CCC(O)(CC)CN1CCC(CNC(C)(C)C)CC1. The zero-order valence-electron chi connectivity index (χ0n) is 13.6. The minimum absolute atomic E-state index is 0.224. The van der Waals surface area contributed by atoms with E-state index in [2.05, 4.69) is 44.8 Å². The van der Waals surface area contributed by atoms with Crippen LogP contribution in [-0.4, -0.2) is 47.3 Å². The lowest BCUT2D eigenvalue weighted by Gasteiger charge is -2.38. The summed E-state index contributed by atoms with van der Waals surface area (Å²) in [6.45, 7) is 15.1. The highest BCUT2D eigenvalue weighted by Crippen LogP contribution is 2.22. The van der Waals surface area contributed by atoms with Gasteiger partial charge in [0.1, 0.15) is 0 Å². The van der Waals surface area contributed by atoms with Gasteiger partial charge in [-0.15, -0.1) is 0 Å². The van der Waals surface area contributed by atoms with Crippen LogP contribution in [0.25, 0.3) is 0 Å². The molecule has 114 valence electrons. The normalized spacial score (nSPS) is 19.9. The number of rotatable bonds is 6. The molecule has 1 heterocycles. The van der Waals surface area contributed by atoms with Crippen LogP contribution in [0.15, 0.2) is 0 Å². The average molecular weight is 270 g/mol. The molecular weight excluding hydrogens is 236 g/mol. The van der Waals surface area contributed by atoms with Crippen molar-refractivity contribution in [2.24, 2.45) is 5.92 Å². The van der Waals surface area contributed by atoms with Crippen molar-refractivity contribution < 1.29 is 5.11 Å². The van der Waals surface area contributed by atoms with Crippen LogP contribution < -0.4 is 5.32 Å². The number of aliphatic hydroxyl groups is 1. The first-order valence-corrected chi connectivity index (χ1v) is 7.98. The van der Waals surface area contributed by atoms with E-state index in [4.69, 9.17) is 0 Å². The Morgan fingerprint density at radius 1 is 1.11 bits per heavy atom. The summed E-state index contributed by atoms with van der Waals surface area (Å²) >= 11 is 0. The lowest BCUT2D eigenvalue weighted by molar-refractivity contribution is -0.0116. The van der Waals surface area contributed by atoms with Crippen LogP contribution in [0, 0.1) is 5.92 Å². The van der Waals surface area contributed by atoms with Gasteiger partial charge < -0.3 is 15.3 Å². The molecule has 0 saturated carbocycles. The van der Waals surface area contributed by atoms with E-state index in [1.54, 1.807) is 0 Å². The maximum Gasteiger partial charge on any atom is 0.0768 e. The number of nitrogens with one attached hydrogen (secondary N) is 1. The zero-order chi connectivity index (χ0) is 14.5. The van der Waals surface area contributed by atoms with Crippen LogP contribution in [0.1, 0.15) is 60.3 Å². The predicted molar refractivity (Wildman–Crippen MR) is 82.5 cm³/mol. The smallest absolute Gasteiger partial charge is 0.0768 e. The fraction of sp³-hybridized carbons (Fsp3) is 1.00. The van der Waals surface area contributed by atoms with Crippen molar-refractivity contribution in [1.29, 1.82) is 0 Å². The summed E-state index contributed by atoms with van der Waals surface area (Å²) in [7, 11) is 0. The molecule has 1 fully saturated rings. The molecule has 3 nitrogen and oxygen atoms in total. The van der Waals surface area contributed by atoms with Gasteiger partial charge in [0, 0.05) is 12.1 Å². The highest BCUT2D eigenvalue weighted by atomic mass is 16.3. The summed E-state index contributed by atoms with van der Waals surface area (Å²) in [5.41, 5.74) is -0.252. The topological polar surface area (TPSA) is 35.5 Å². The third-order valence-corrected chi connectivity index (χ3v) is 4.46. The molecule has 0 radical (unpaired) electrons. The molecule has 0 aromatic rings. The summed E-state index contributed by atoms with van der Waals surface area (Å²) in [6, 6.07) is 0. The second kappa shape index (κ2) is 7.05. The molecule has 0 aromatic carbocycles. The van der Waals surface area contributed by atoms with Crippen molar-refractivity contribution in [1.82, 2.24) is 10.2 Å². The van der Waals surface area contributed by atoms with Crippen molar-refractivity contribution in [3.63, 3.8) is 0 Å². The van der Waals surface area contributed by atoms with E-state index in [9.17, 15) is 5.11 Å². The van der Waals surface area contributed by atoms with Crippen LogP contribution in [0.2, 0.25) is 0 Å². The number of β-amino-alcohol motifs (C(OH)–C–C–N with tert-alkyl or cyclic N) is 1. The molecule has 1 aliphatic heterocycles. The summed E-state index contributed by atoms with van der Waals surface area (Å²) in [6.07, 6.45) is 4.23. The van der Waals surface area contributed by atoms with E-state index < -0.39 is 5.60 Å². The van der Waals surface area contributed by atoms with E-state index >= 15 is 0 Å². The zero-order valence-corrected chi connectivity index (χ0v) is 13.6. The molecule has 3 heteroatoms. The summed E-state index contributed by atoms with van der Waals surface area (Å²) in [5.74, 6) is 0.798. The molecule has 1 aliphatic rings. The highest BCUT2D eigenvalue weighted by molar-refractivity contribution is 4.83. The first-order valence-electron chi connectivity index (χ1n) is 7.98. The van der Waals surface area contributed by atoms with Crippen molar-refractivity contribution in [2.45, 2.75) is 71.4 Å². The third kappa shape index (κ3) is 6.24. The van der Waals surface area contributed by atoms with Crippen LogP contribution in [0.3, 0.4) is 0 Å². The van der Waals surface area contributed by atoms with E-state index in [1.165, 1.54) is 12.8 Å². The first-order chi connectivity index (χ1) is 8.78. The van der Waals surface area contributed by atoms with Crippen molar-refractivity contribution in [3.8, 4) is 0 Å². The Morgan fingerprint density at radius 3 is 2.05 bits per heavy atom. The van der Waals surface area contributed by atoms with Gasteiger partial charge in [-0.3, -0.25) is 0 Å². The quantitative estimate of drug-likeness (QED) is 0.779. The summed E-state index contributed by atoms with van der Waals surface area (Å²) in [5, 5.41) is 14.0. The Hall–Kier alpha value is -0.120. The monoisotopic (exact) mass is 270 g/mol. The van der Waals surface area contributed by atoms with E-state index in [1.807, 2.05) is 0 Å². The standard InChI is InChI=1S/C16H34N2O/c1-6-16(19,7-2)13-18-10-8-14(9-11-18)12-17-15(3,4)5/h14,17,19H,6-13H2,1-5H3. The van der Waals surface area contributed by atoms with E-state index in [0.717, 1.165) is 44.9 Å². The molecule has 0 aromatic heterocycles. The maximum absolute atomic E-state index is 10.4. The lowest BCUT2D eigenvalue weighted by Crippen LogP contribution is -2.47. The second-order valence-corrected chi connectivity index (χ2v) is 7.28.